The minimum absolute atomic E-state index is 0.0589. The van der Waals surface area contributed by atoms with Crippen molar-refractivity contribution in [3.8, 4) is 0 Å². The Hall–Kier alpha value is -1.57. The summed E-state index contributed by atoms with van der Waals surface area (Å²) in [6.07, 6.45) is 4.28. The Morgan fingerprint density at radius 3 is 2.70 bits per heavy atom. The molecule has 0 aliphatic carbocycles. The van der Waals surface area contributed by atoms with Crippen LogP contribution >= 0.6 is 11.8 Å². The van der Waals surface area contributed by atoms with Crippen LogP contribution in [-0.2, 0) is 0 Å². The van der Waals surface area contributed by atoms with E-state index in [1.165, 1.54) is 6.33 Å². The van der Waals surface area contributed by atoms with E-state index in [0.717, 1.165) is 12.2 Å². The zero-order valence-corrected chi connectivity index (χ0v) is 13.1. The fourth-order valence-corrected chi connectivity index (χ4v) is 2.81. The second-order valence-electron chi connectivity index (χ2n) is 4.31. The van der Waals surface area contributed by atoms with Gasteiger partial charge in [0, 0.05) is 25.4 Å². The van der Waals surface area contributed by atoms with Gasteiger partial charge in [-0.25, -0.2) is 9.97 Å². The van der Waals surface area contributed by atoms with Gasteiger partial charge >= 0.3 is 5.69 Å². The largest absolute Gasteiger partial charge is 0.364 e. The molecule has 0 aliphatic heterocycles. The van der Waals surface area contributed by atoms with Gasteiger partial charge in [-0.15, -0.1) is 0 Å². The molecule has 0 spiro atoms. The van der Waals surface area contributed by atoms with Gasteiger partial charge in [-0.05, 0) is 19.6 Å². The zero-order valence-electron chi connectivity index (χ0n) is 12.3. The lowest BCUT2D eigenvalue weighted by Crippen LogP contribution is -2.34. The molecular weight excluding hydrogens is 278 g/mol. The van der Waals surface area contributed by atoms with Crippen LogP contribution in [0.1, 0.15) is 20.3 Å². The molecule has 112 valence electrons. The number of nitrogens with zero attached hydrogens (tertiary/aromatic N) is 4. The van der Waals surface area contributed by atoms with Gasteiger partial charge < -0.3 is 10.2 Å². The predicted molar refractivity (Wildman–Crippen MR) is 83.7 cm³/mol. The van der Waals surface area contributed by atoms with Crippen LogP contribution in [0.2, 0.25) is 0 Å². The van der Waals surface area contributed by atoms with Crippen molar-refractivity contribution in [2.75, 3.05) is 35.8 Å². The maximum Gasteiger partial charge on any atom is 0.353 e. The normalized spacial score (nSPS) is 12.0. The maximum atomic E-state index is 11.3. The Bertz CT molecular complexity index is 457. The van der Waals surface area contributed by atoms with E-state index in [2.05, 4.69) is 22.2 Å². The Balaban J connectivity index is 3.21. The van der Waals surface area contributed by atoms with Crippen molar-refractivity contribution in [2.45, 2.75) is 26.3 Å². The molecule has 0 radical (unpaired) electrons. The molecule has 1 aromatic heterocycles. The van der Waals surface area contributed by atoms with Crippen LogP contribution in [0.25, 0.3) is 0 Å². The number of hydrogen-bond donors (Lipinski definition) is 1. The van der Waals surface area contributed by atoms with Crippen LogP contribution in [0.4, 0.5) is 17.3 Å². The quantitative estimate of drug-likeness (QED) is 0.582. The van der Waals surface area contributed by atoms with Crippen molar-refractivity contribution in [3.63, 3.8) is 0 Å². The molecule has 1 unspecified atom stereocenters. The third-order valence-electron chi connectivity index (χ3n) is 3.04. The first-order chi connectivity index (χ1) is 9.56. The first-order valence-electron chi connectivity index (χ1n) is 6.51. The average molecular weight is 299 g/mol. The summed E-state index contributed by atoms with van der Waals surface area (Å²) < 4.78 is 0. The number of nitrogens with one attached hydrogen (secondary N) is 1. The van der Waals surface area contributed by atoms with Gasteiger partial charge in [0.25, 0.3) is 0 Å². The number of rotatable bonds is 8. The van der Waals surface area contributed by atoms with Gasteiger partial charge in [-0.1, -0.05) is 6.92 Å². The molecule has 0 bridgehead atoms. The third-order valence-corrected chi connectivity index (χ3v) is 3.76. The average Bonchev–Trinajstić information content (AvgIpc) is 2.43. The molecule has 1 N–H and O–H groups in total. The van der Waals surface area contributed by atoms with Crippen LogP contribution in [-0.4, -0.2) is 46.5 Å². The first-order valence-corrected chi connectivity index (χ1v) is 7.91. The highest BCUT2D eigenvalue weighted by atomic mass is 32.2. The lowest BCUT2D eigenvalue weighted by molar-refractivity contribution is -0.383. The number of nitro groups is 1. The van der Waals surface area contributed by atoms with Gasteiger partial charge in [-0.2, -0.15) is 11.8 Å². The Morgan fingerprint density at radius 2 is 2.20 bits per heavy atom. The van der Waals surface area contributed by atoms with Gasteiger partial charge in [0.15, 0.2) is 0 Å². The minimum atomic E-state index is -0.421. The second kappa shape index (κ2) is 7.88. The van der Waals surface area contributed by atoms with E-state index >= 15 is 0 Å². The van der Waals surface area contributed by atoms with Crippen molar-refractivity contribution < 1.29 is 4.92 Å². The van der Waals surface area contributed by atoms with Crippen molar-refractivity contribution in [2.24, 2.45) is 0 Å². The van der Waals surface area contributed by atoms with Crippen LogP contribution in [0, 0.1) is 10.1 Å². The Labute approximate surface area is 123 Å². The molecule has 0 amide bonds. The van der Waals surface area contributed by atoms with E-state index in [-0.39, 0.29) is 17.5 Å². The van der Waals surface area contributed by atoms with Crippen LogP contribution in [0.3, 0.4) is 0 Å². The molecule has 0 saturated carbocycles. The summed E-state index contributed by atoms with van der Waals surface area (Å²) in [5.74, 6) is 1.53. The summed E-state index contributed by atoms with van der Waals surface area (Å²) >= 11 is 1.72. The third kappa shape index (κ3) is 3.72. The van der Waals surface area contributed by atoms with E-state index in [9.17, 15) is 10.1 Å². The van der Waals surface area contributed by atoms with Gasteiger partial charge in [0.1, 0.15) is 6.33 Å². The molecular formula is C12H21N5O2S. The van der Waals surface area contributed by atoms with Crippen molar-refractivity contribution in [3.05, 3.63) is 16.4 Å². The number of thioether (sulfide) groups is 1. The zero-order chi connectivity index (χ0) is 15.1. The topological polar surface area (TPSA) is 84.2 Å². The van der Waals surface area contributed by atoms with Gasteiger partial charge in [0.2, 0.25) is 11.6 Å². The molecule has 1 heterocycles. The van der Waals surface area contributed by atoms with Crippen molar-refractivity contribution in [1.82, 2.24) is 9.97 Å². The van der Waals surface area contributed by atoms with E-state index < -0.39 is 4.92 Å². The van der Waals surface area contributed by atoms with Crippen molar-refractivity contribution >= 4 is 29.1 Å². The predicted octanol–water partition coefficient (Wildman–Crippen LogP) is 2.39. The molecule has 8 heteroatoms. The number of aromatic nitrogens is 2. The van der Waals surface area contributed by atoms with Gasteiger partial charge in [-0.3, -0.25) is 10.1 Å². The number of anilines is 2. The molecule has 7 nitrogen and oxygen atoms in total. The minimum Gasteiger partial charge on any atom is -0.364 e. The van der Waals surface area contributed by atoms with E-state index in [1.54, 1.807) is 11.8 Å². The highest BCUT2D eigenvalue weighted by molar-refractivity contribution is 7.98. The van der Waals surface area contributed by atoms with Crippen LogP contribution < -0.4 is 10.2 Å². The summed E-state index contributed by atoms with van der Waals surface area (Å²) in [6, 6.07) is 0.202. The number of hydrogen-bond acceptors (Lipinski definition) is 7. The van der Waals surface area contributed by atoms with Crippen molar-refractivity contribution in [1.29, 1.82) is 0 Å². The summed E-state index contributed by atoms with van der Waals surface area (Å²) in [4.78, 5) is 20.9. The monoisotopic (exact) mass is 299 g/mol. The molecule has 1 atom stereocenters. The summed E-state index contributed by atoms with van der Waals surface area (Å²) in [5.41, 5.74) is -0.0589. The van der Waals surface area contributed by atoms with E-state index in [1.807, 2.05) is 25.1 Å². The fraction of sp³-hybridized carbons (Fsp3) is 0.667. The SMILES string of the molecule is CCNc1ncnc(N(C)C(CC)CSC)c1[N+](=O)[O-]. The Morgan fingerprint density at radius 1 is 1.50 bits per heavy atom. The Kier molecular flexibility index (Phi) is 6.50. The van der Waals surface area contributed by atoms with Crippen LogP contribution in [0.15, 0.2) is 6.33 Å². The lowest BCUT2D eigenvalue weighted by Gasteiger charge is -2.27. The maximum absolute atomic E-state index is 11.3. The highest BCUT2D eigenvalue weighted by Crippen LogP contribution is 2.32. The fourth-order valence-electron chi connectivity index (χ4n) is 1.96. The molecule has 1 aromatic rings. The summed E-state index contributed by atoms with van der Waals surface area (Å²) in [7, 11) is 1.84. The van der Waals surface area contributed by atoms with E-state index in [4.69, 9.17) is 0 Å². The molecule has 0 saturated heterocycles. The van der Waals surface area contributed by atoms with E-state index in [0.29, 0.717) is 12.4 Å². The summed E-state index contributed by atoms with van der Waals surface area (Å²) in [5, 5.41) is 14.3. The van der Waals surface area contributed by atoms with Gasteiger partial charge in [0.05, 0.1) is 4.92 Å². The second-order valence-corrected chi connectivity index (χ2v) is 5.22. The molecule has 20 heavy (non-hydrogen) atoms. The molecule has 0 aliphatic rings. The lowest BCUT2D eigenvalue weighted by atomic mass is 10.2. The standard InChI is InChI=1S/C12H21N5O2S/c1-5-9(7-20-4)16(3)12-10(17(18)19)11(13-6-2)14-8-15-12/h8-9H,5-7H2,1-4H3,(H,13,14,15). The first kappa shape index (κ1) is 16.5. The van der Waals surface area contributed by atoms with Crippen LogP contribution in [0.5, 0.6) is 0 Å². The smallest absolute Gasteiger partial charge is 0.353 e. The molecule has 0 fully saturated rings. The highest BCUT2D eigenvalue weighted by Gasteiger charge is 2.27. The summed E-state index contributed by atoms with van der Waals surface area (Å²) in [6.45, 7) is 4.51. The molecule has 1 rings (SSSR count). The molecule has 0 aromatic carbocycles.